The number of nitrogens with one attached hydrogen (secondary N) is 1. The molecule has 0 heterocycles. The molecule has 0 fully saturated rings. The molecule has 0 aliphatic heterocycles. The molecule has 0 radical (unpaired) electrons. The molecule has 0 bridgehead atoms. The van der Waals surface area contributed by atoms with Crippen molar-refractivity contribution in [3.05, 3.63) is 41.5 Å². The van der Waals surface area contributed by atoms with Crippen LogP contribution in [0.5, 0.6) is 0 Å². The van der Waals surface area contributed by atoms with E-state index in [2.05, 4.69) is 41.7 Å². The van der Waals surface area contributed by atoms with Gasteiger partial charge in [0.1, 0.15) is 0 Å². The summed E-state index contributed by atoms with van der Waals surface area (Å²) < 4.78 is 0. The highest BCUT2D eigenvalue weighted by Gasteiger charge is 2.14. The molecule has 62 valence electrons. The summed E-state index contributed by atoms with van der Waals surface area (Å²) in [5.74, 6) is 0.575. The van der Waals surface area contributed by atoms with Gasteiger partial charge in [-0.1, -0.05) is 36.4 Å². The maximum absolute atomic E-state index is 3.20. The summed E-state index contributed by atoms with van der Waals surface area (Å²) in [5.41, 5.74) is 2.82. The first-order chi connectivity index (χ1) is 5.92. The highest BCUT2D eigenvalue weighted by molar-refractivity contribution is 5.62. The number of benzene rings is 1. The largest absolute Gasteiger partial charge is 0.319 e. The van der Waals surface area contributed by atoms with Crippen LogP contribution in [0, 0.1) is 0 Å². The first kappa shape index (κ1) is 7.56. The predicted molar refractivity (Wildman–Crippen MR) is 52.1 cm³/mol. The van der Waals surface area contributed by atoms with Gasteiger partial charge in [-0.25, -0.2) is 0 Å². The van der Waals surface area contributed by atoms with Crippen molar-refractivity contribution in [2.45, 2.75) is 5.92 Å². The SMILES string of the molecule is CNCC1C=Cc2ccccc21. The van der Waals surface area contributed by atoms with Crippen LogP contribution in [-0.4, -0.2) is 13.6 Å². The average molecular weight is 159 g/mol. The van der Waals surface area contributed by atoms with Crippen molar-refractivity contribution in [2.75, 3.05) is 13.6 Å². The van der Waals surface area contributed by atoms with Gasteiger partial charge in [0, 0.05) is 12.5 Å². The number of likely N-dealkylation sites (N-methyl/N-ethyl adjacent to an activating group) is 1. The Morgan fingerprint density at radius 1 is 1.33 bits per heavy atom. The fourth-order valence-corrected chi connectivity index (χ4v) is 1.72. The second kappa shape index (κ2) is 3.11. The Labute approximate surface area is 73.1 Å². The molecular formula is C11H13N. The molecule has 1 atom stereocenters. The minimum Gasteiger partial charge on any atom is -0.319 e. The van der Waals surface area contributed by atoms with Crippen molar-refractivity contribution in [1.82, 2.24) is 5.32 Å². The van der Waals surface area contributed by atoms with Crippen LogP contribution < -0.4 is 5.32 Å². The number of hydrogen-bond donors (Lipinski definition) is 1. The lowest BCUT2D eigenvalue weighted by atomic mass is 10.0. The lowest BCUT2D eigenvalue weighted by molar-refractivity contribution is 0.732. The quantitative estimate of drug-likeness (QED) is 0.696. The Morgan fingerprint density at radius 3 is 3.00 bits per heavy atom. The first-order valence-electron chi connectivity index (χ1n) is 4.33. The van der Waals surface area contributed by atoms with E-state index < -0.39 is 0 Å². The van der Waals surface area contributed by atoms with Gasteiger partial charge >= 0.3 is 0 Å². The van der Waals surface area contributed by atoms with Gasteiger partial charge in [-0.3, -0.25) is 0 Å². The summed E-state index contributed by atoms with van der Waals surface area (Å²) in [6.45, 7) is 1.04. The molecule has 1 aliphatic rings. The summed E-state index contributed by atoms with van der Waals surface area (Å²) in [6.07, 6.45) is 4.47. The maximum Gasteiger partial charge on any atom is 0.0152 e. The standard InChI is InChI=1S/C11H13N/c1-12-8-10-7-6-9-4-2-3-5-11(9)10/h2-7,10,12H,8H2,1H3. The van der Waals surface area contributed by atoms with Crippen molar-refractivity contribution in [1.29, 1.82) is 0 Å². The first-order valence-corrected chi connectivity index (χ1v) is 4.33. The van der Waals surface area contributed by atoms with E-state index in [1.807, 2.05) is 7.05 Å². The highest BCUT2D eigenvalue weighted by atomic mass is 14.8. The van der Waals surface area contributed by atoms with Crippen molar-refractivity contribution >= 4 is 6.08 Å². The molecule has 0 saturated carbocycles. The van der Waals surface area contributed by atoms with E-state index in [-0.39, 0.29) is 0 Å². The third kappa shape index (κ3) is 1.16. The fraction of sp³-hybridized carbons (Fsp3) is 0.273. The normalized spacial score (nSPS) is 19.6. The Kier molecular flexibility index (Phi) is 1.96. The smallest absolute Gasteiger partial charge is 0.0152 e. The van der Waals surface area contributed by atoms with Gasteiger partial charge in [0.15, 0.2) is 0 Å². The Bertz CT molecular complexity index is 302. The van der Waals surface area contributed by atoms with Crippen molar-refractivity contribution in [2.24, 2.45) is 0 Å². The number of rotatable bonds is 2. The monoisotopic (exact) mass is 159 g/mol. The van der Waals surface area contributed by atoms with E-state index in [0.717, 1.165) is 6.54 Å². The van der Waals surface area contributed by atoms with Crippen LogP contribution in [0.3, 0.4) is 0 Å². The van der Waals surface area contributed by atoms with Crippen molar-refractivity contribution < 1.29 is 0 Å². The average Bonchev–Trinajstić information content (AvgIpc) is 2.50. The van der Waals surface area contributed by atoms with Crippen LogP contribution in [-0.2, 0) is 0 Å². The van der Waals surface area contributed by atoms with Gasteiger partial charge < -0.3 is 5.32 Å². The van der Waals surface area contributed by atoms with E-state index in [0.29, 0.717) is 5.92 Å². The number of hydrogen-bond acceptors (Lipinski definition) is 1. The van der Waals surface area contributed by atoms with Gasteiger partial charge in [-0.15, -0.1) is 0 Å². The summed E-state index contributed by atoms with van der Waals surface area (Å²) in [6, 6.07) is 8.57. The molecule has 1 aromatic carbocycles. The maximum atomic E-state index is 3.20. The second-order valence-electron chi connectivity index (χ2n) is 3.15. The third-order valence-electron chi connectivity index (χ3n) is 2.33. The van der Waals surface area contributed by atoms with Crippen LogP contribution >= 0.6 is 0 Å². The van der Waals surface area contributed by atoms with Crippen LogP contribution in [0.2, 0.25) is 0 Å². The molecule has 0 amide bonds. The van der Waals surface area contributed by atoms with Crippen LogP contribution in [0.1, 0.15) is 17.0 Å². The third-order valence-corrected chi connectivity index (χ3v) is 2.33. The van der Waals surface area contributed by atoms with Gasteiger partial charge in [0.2, 0.25) is 0 Å². The van der Waals surface area contributed by atoms with E-state index in [9.17, 15) is 0 Å². The van der Waals surface area contributed by atoms with E-state index >= 15 is 0 Å². The predicted octanol–water partition coefficient (Wildman–Crippen LogP) is 2.02. The molecule has 1 unspecified atom stereocenters. The lowest BCUT2D eigenvalue weighted by Crippen LogP contribution is -2.14. The minimum atomic E-state index is 0.575. The zero-order chi connectivity index (χ0) is 8.39. The van der Waals surface area contributed by atoms with E-state index in [1.165, 1.54) is 11.1 Å². The molecule has 12 heavy (non-hydrogen) atoms. The Hall–Kier alpha value is -1.08. The Balaban J connectivity index is 2.30. The van der Waals surface area contributed by atoms with Gasteiger partial charge in [-0.2, -0.15) is 0 Å². The van der Waals surface area contributed by atoms with Crippen molar-refractivity contribution in [3.63, 3.8) is 0 Å². The van der Waals surface area contributed by atoms with E-state index in [1.54, 1.807) is 0 Å². The topological polar surface area (TPSA) is 12.0 Å². The van der Waals surface area contributed by atoms with Crippen LogP contribution in [0.4, 0.5) is 0 Å². The van der Waals surface area contributed by atoms with Gasteiger partial charge in [0.25, 0.3) is 0 Å². The summed E-state index contributed by atoms with van der Waals surface area (Å²) in [4.78, 5) is 0. The van der Waals surface area contributed by atoms with Crippen LogP contribution in [0.25, 0.3) is 6.08 Å². The molecule has 1 aromatic rings. The molecule has 1 N–H and O–H groups in total. The lowest BCUT2D eigenvalue weighted by Gasteiger charge is -2.08. The van der Waals surface area contributed by atoms with E-state index in [4.69, 9.17) is 0 Å². The zero-order valence-electron chi connectivity index (χ0n) is 7.25. The fourth-order valence-electron chi connectivity index (χ4n) is 1.72. The summed E-state index contributed by atoms with van der Waals surface area (Å²) in [5, 5.41) is 3.20. The molecule has 1 heteroatoms. The molecule has 0 aromatic heterocycles. The molecule has 0 saturated heterocycles. The molecule has 1 nitrogen and oxygen atoms in total. The Morgan fingerprint density at radius 2 is 2.17 bits per heavy atom. The second-order valence-corrected chi connectivity index (χ2v) is 3.15. The molecule has 0 spiro atoms. The molecule has 2 rings (SSSR count). The molecular weight excluding hydrogens is 146 g/mol. The van der Waals surface area contributed by atoms with Crippen LogP contribution in [0.15, 0.2) is 30.3 Å². The number of fused-ring (bicyclic) bond motifs is 1. The highest BCUT2D eigenvalue weighted by Crippen LogP contribution is 2.28. The summed E-state index contributed by atoms with van der Waals surface area (Å²) in [7, 11) is 1.99. The van der Waals surface area contributed by atoms with Gasteiger partial charge in [0.05, 0.1) is 0 Å². The summed E-state index contributed by atoms with van der Waals surface area (Å²) >= 11 is 0. The minimum absolute atomic E-state index is 0.575. The van der Waals surface area contributed by atoms with Gasteiger partial charge in [-0.05, 0) is 18.2 Å². The van der Waals surface area contributed by atoms with Crippen molar-refractivity contribution in [3.8, 4) is 0 Å². The molecule has 1 aliphatic carbocycles. The zero-order valence-corrected chi connectivity index (χ0v) is 7.25.